The lowest BCUT2D eigenvalue weighted by molar-refractivity contribution is -0.142. The van der Waals surface area contributed by atoms with Gasteiger partial charge in [0.1, 0.15) is 29.2 Å². The molecule has 284 valence electrons. The number of amides is 2. The van der Waals surface area contributed by atoms with Crippen LogP contribution in [0.4, 0.5) is 4.39 Å². The van der Waals surface area contributed by atoms with E-state index in [0.29, 0.717) is 30.3 Å². The van der Waals surface area contributed by atoms with Crippen molar-refractivity contribution < 1.29 is 23.8 Å². The van der Waals surface area contributed by atoms with Crippen LogP contribution < -0.4 is 20.7 Å². The monoisotopic (exact) mass is 767 g/mol. The molecule has 5 rings (SSSR count). The van der Waals surface area contributed by atoms with Gasteiger partial charge >= 0.3 is 0 Å². The number of halogens is 3. The number of imidazole rings is 1. The lowest BCUT2D eigenvalue weighted by Crippen LogP contribution is -2.63. The first-order valence-corrected chi connectivity index (χ1v) is 18.3. The predicted molar refractivity (Wildman–Crippen MR) is 206 cm³/mol. The number of ether oxygens (including phenoxy) is 1. The van der Waals surface area contributed by atoms with Crippen LogP contribution in [0, 0.1) is 5.82 Å². The van der Waals surface area contributed by atoms with E-state index in [1.54, 1.807) is 31.0 Å². The van der Waals surface area contributed by atoms with E-state index in [-0.39, 0.29) is 22.9 Å². The van der Waals surface area contributed by atoms with Crippen molar-refractivity contribution in [2.75, 3.05) is 40.8 Å². The molecule has 0 bridgehead atoms. The van der Waals surface area contributed by atoms with E-state index >= 15 is 4.39 Å². The van der Waals surface area contributed by atoms with Gasteiger partial charge in [-0.2, -0.15) is 0 Å². The molecule has 14 heteroatoms. The number of hydrogen-bond donors (Lipinski definition) is 4. The quantitative estimate of drug-likeness (QED) is 0.131. The second-order valence-electron chi connectivity index (χ2n) is 13.9. The van der Waals surface area contributed by atoms with Crippen molar-refractivity contribution in [3.63, 3.8) is 0 Å². The number of likely N-dealkylation sites (N-methyl/N-ethyl adjacent to an activating group) is 1. The Hall–Kier alpha value is -4.04. The summed E-state index contributed by atoms with van der Waals surface area (Å²) in [6, 6.07) is 15.6. The molecule has 1 aromatic heterocycles. The van der Waals surface area contributed by atoms with Crippen LogP contribution in [0.5, 0.6) is 11.5 Å². The third-order valence-electron chi connectivity index (χ3n) is 9.75. The lowest BCUT2D eigenvalue weighted by Gasteiger charge is -2.46. The minimum absolute atomic E-state index is 0.0812. The fourth-order valence-corrected chi connectivity index (χ4v) is 6.92. The number of hydrogen-bond acceptors (Lipinski definition) is 8. The van der Waals surface area contributed by atoms with Gasteiger partial charge < -0.3 is 40.2 Å². The number of aliphatic hydroxyl groups is 1. The third-order valence-corrected chi connectivity index (χ3v) is 10.2. The molecule has 1 fully saturated rings. The number of piperidine rings is 1. The van der Waals surface area contributed by atoms with Crippen molar-refractivity contribution in [3.8, 4) is 22.8 Å². The van der Waals surface area contributed by atoms with E-state index in [9.17, 15) is 14.7 Å². The maximum Gasteiger partial charge on any atom is 0.247 e. The Morgan fingerprint density at radius 2 is 1.81 bits per heavy atom. The molecule has 4 aromatic rings. The van der Waals surface area contributed by atoms with Crippen molar-refractivity contribution in [3.05, 3.63) is 99.7 Å². The molecule has 1 aliphatic rings. The summed E-state index contributed by atoms with van der Waals surface area (Å²) in [7, 11) is 7.66. The van der Waals surface area contributed by atoms with E-state index in [1.165, 1.54) is 12.1 Å². The van der Waals surface area contributed by atoms with Crippen LogP contribution in [0.3, 0.4) is 0 Å². The maximum absolute atomic E-state index is 15.3. The number of carbonyl (C=O) groups is 2. The van der Waals surface area contributed by atoms with Crippen LogP contribution in [-0.4, -0.2) is 94.7 Å². The molecule has 53 heavy (non-hydrogen) atoms. The molecule has 4 N–H and O–H groups in total. The second-order valence-corrected chi connectivity index (χ2v) is 14.8. The van der Waals surface area contributed by atoms with Crippen molar-refractivity contribution >= 4 is 35.0 Å². The van der Waals surface area contributed by atoms with Crippen molar-refractivity contribution in [1.82, 2.24) is 35.3 Å². The molecule has 0 radical (unpaired) electrons. The number of nitrogens with one attached hydrogen (secondary N) is 3. The molecule has 2 unspecified atom stereocenters. The fraction of sp³-hybridized carbons (Fsp3) is 0.410. The maximum atomic E-state index is 15.3. The highest BCUT2D eigenvalue weighted by Crippen LogP contribution is 2.33. The zero-order valence-electron chi connectivity index (χ0n) is 30.8. The first kappa shape index (κ1) is 40.2. The van der Waals surface area contributed by atoms with Crippen molar-refractivity contribution in [1.29, 1.82) is 0 Å². The third kappa shape index (κ3) is 9.94. The van der Waals surface area contributed by atoms with Gasteiger partial charge in [-0.05, 0) is 101 Å². The normalized spacial score (nSPS) is 17.0. The number of aromatic nitrogens is 2. The molecular weight excluding hydrogens is 720 g/mol. The van der Waals surface area contributed by atoms with Crippen LogP contribution in [-0.2, 0) is 36.1 Å². The van der Waals surface area contributed by atoms with Gasteiger partial charge in [0.2, 0.25) is 11.8 Å². The zero-order chi connectivity index (χ0) is 38.3. The van der Waals surface area contributed by atoms with E-state index < -0.39 is 41.9 Å². The molecule has 2 amide bonds. The summed E-state index contributed by atoms with van der Waals surface area (Å²) in [4.78, 5) is 35.4. The molecule has 11 nitrogen and oxygen atoms in total. The van der Waals surface area contributed by atoms with Crippen LogP contribution >= 0.6 is 23.2 Å². The molecule has 3 aromatic carbocycles. The lowest BCUT2D eigenvalue weighted by atomic mass is 9.82. The van der Waals surface area contributed by atoms with Crippen LogP contribution in [0.15, 0.2) is 66.9 Å². The van der Waals surface area contributed by atoms with Gasteiger partial charge in [0.05, 0.1) is 36.6 Å². The molecule has 1 saturated heterocycles. The SMILES string of the molecule is CC(NCc1c(F)cc(Cl)cc1Oc1ccc(-c2cnc(CN(C)C)n2C)cc1)C(=O)NC(CO)C(=O)N(C)[C@@]1(Cc2ccc(Cl)cc2)CCCNC1. The molecular formula is C39H48Cl2FN7O4. The zero-order valence-corrected chi connectivity index (χ0v) is 32.3. The molecule has 2 heterocycles. The van der Waals surface area contributed by atoms with Crippen LogP contribution in [0.25, 0.3) is 11.3 Å². The summed E-state index contributed by atoms with van der Waals surface area (Å²) in [6.45, 7) is 3.03. The number of rotatable bonds is 15. The van der Waals surface area contributed by atoms with Crippen molar-refractivity contribution in [2.45, 2.75) is 56.9 Å². The first-order valence-electron chi connectivity index (χ1n) is 17.6. The smallest absolute Gasteiger partial charge is 0.247 e. The molecule has 0 saturated carbocycles. The first-order chi connectivity index (χ1) is 25.3. The highest BCUT2D eigenvalue weighted by atomic mass is 35.5. The average molecular weight is 769 g/mol. The van der Waals surface area contributed by atoms with Gasteiger partial charge in [0.15, 0.2) is 0 Å². The minimum Gasteiger partial charge on any atom is -0.457 e. The Balaban J connectivity index is 1.23. The second kappa shape index (κ2) is 17.9. The number of aliphatic hydroxyl groups excluding tert-OH is 1. The minimum atomic E-state index is -1.18. The van der Waals surface area contributed by atoms with Crippen LogP contribution in [0.2, 0.25) is 10.0 Å². The highest BCUT2D eigenvalue weighted by Gasteiger charge is 2.41. The van der Waals surface area contributed by atoms with E-state index in [1.807, 2.05) is 68.3 Å². The summed E-state index contributed by atoms with van der Waals surface area (Å²) >= 11 is 12.3. The fourth-order valence-electron chi connectivity index (χ4n) is 6.60. The summed E-state index contributed by atoms with van der Waals surface area (Å²) in [5.74, 6) is 0.0393. The van der Waals surface area contributed by atoms with E-state index in [2.05, 4.69) is 25.8 Å². The van der Waals surface area contributed by atoms with E-state index in [4.69, 9.17) is 27.9 Å². The van der Waals surface area contributed by atoms with Crippen molar-refractivity contribution in [2.24, 2.45) is 7.05 Å². The Morgan fingerprint density at radius 1 is 1.09 bits per heavy atom. The Morgan fingerprint density at radius 3 is 2.45 bits per heavy atom. The summed E-state index contributed by atoms with van der Waals surface area (Å²) in [5.41, 5.74) is 2.51. The van der Waals surface area contributed by atoms with Gasteiger partial charge in [-0.3, -0.25) is 9.59 Å². The van der Waals surface area contributed by atoms with Gasteiger partial charge in [-0.1, -0.05) is 35.3 Å². The molecule has 0 aliphatic carbocycles. The number of carbonyl (C=O) groups excluding carboxylic acids is 2. The molecule has 3 atom stereocenters. The number of nitrogens with zero attached hydrogens (tertiary/aromatic N) is 4. The topological polar surface area (TPSA) is 124 Å². The number of benzene rings is 3. The van der Waals surface area contributed by atoms with Gasteiger partial charge in [0, 0.05) is 48.4 Å². The van der Waals surface area contributed by atoms with Crippen LogP contribution in [0.1, 0.15) is 36.7 Å². The van der Waals surface area contributed by atoms with Gasteiger partial charge in [-0.25, -0.2) is 9.37 Å². The summed E-state index contributed by atoms with van der Waals surface area (Å²) in [5, 5.41) is 20.2. The van der Waals surface area contributed by atoms with E-state index in [0.717, 1.165) is 42.0 Å². The Bertz CT molecular complexity index is 1860. The average Bonchev–Trinajstić information content (AvgIpc) is 3.49. The van der Waals surface area contributed by atoms with Gasteiger partial charge in [-0.15, -0.1) is 0 Å². The molecule has 1 aliphatic heterocycles. The summed E-state index contributed by atoms with van der Waals surface area (Å²) < 4.78 is 23.5. The Labute approximate surface area is 320 Å². The standard InChI is InChI=1S/C39H48Cl2FN7O4/c1-25(37(51)46-33(23-50)38(52)49(5)39(15-6-16-43-24-39)19-26-7-11-28(40)12-8-26)44-20-31-32(42)17-29(41)18-35(31)53-30-13-9-27(10-14-30)34-21-45-36(48(34)4)22-47(2)3/h7-14,17-18,21,25,33,43-44,50H,6,15-16,19-20,22-24H2,1-5H3,(H,46,51)/t25?,33?,39-/m1/s1. The molecule has 0 spiro atoms. The Kier molecular flexibility index (Phi) is 13.5. The summed E-state index contributed by atoms with van der Waals surface area (Å²) in [6.07, 6.45) is 4.02. The highest BCUT2D eigenvalue weighted by molar-refractivity contribution is 6.31. The van der Waals surface area contributed by atoms with Gasteiger partial charge in [0.25, 0.3) is 0 Å². The predicted octanol–water partition coefficient (Wildman–Crippen LogP) is 5.17. The largest absolute Gasteiger partial charge is 0.457 e.